The van der Waals surface area contributed by atoms with E-state index in [0.717, 1.165) is 27.7 Å². The number of para-hydroxylation sites is 2. The molecule has 2 N–H and O–H groups in total. The molecule has 4 nitrogen and oxygen atoms in total. The molecular formula is C24H23N3O. The van der Waals surface area contributed by atoms with E-state index in [2.05, 4.69) is 18.7 Å². The van der Waals surface area contributed by atoms with Crippen molar-refractivity contribution in [2.75, 3.05) is 0 Å². The van der Waals surface area contributed by atoms with Gasteiger partial charge in [0, 0.05) is 6.54 Å². The molecule has 0 spiro atoms. The summed E-state index contributed by atoms with van der Waals surface area (Å²) in [5, 5.41) is 19.4. The molecule has 28 heavy (non-hydrogen) atoms. The first kappa shape index (κ1) is 18.0. The lowest BCUT2D eigenvalue weighted by Crippen LogP contribution is -2.26. The van der Waals surface area contributed by atoms with Gasteiger partial charge in [0.15, 0.2) is 0 Å². The lowest BCUT2D eigenvalue weighted by Gasteiger charge is -2.13. The number of aliphatic hydroxyl groups is 1. The Bertz CT molecular complexity index is 1150. The van der Waals surface area contributed by atoms with E-state index >= 15 is 0 Å². The fourth-order valence-electron chi connectivity index (χ4n) is 3.60. The summed E-state index contributed by atoms with van der Waals surface area (Å²) in [5.41, 5.74) is 5.38. The van der Waals surface area contributed by atoms with Crippen LogP contribution in [-0.2, 0) is 13.1 Å². The lowest BCUT2D eigenvalue weighted by atomic mass is 10.0. The van der Waals surface area contributed by atoms with Crippen LogP contribution in [0.15, 0.2) is 91.5 Å². The second-order valence-corrected chi connectivity index (χ2v) is 6.83. The third-order valence-electron chi connectivity index (χ3n) is 5.04. The van der Waals surface area contributed by atoms with Gasteiger partial charge in [-0.2, -0.15) is 0 Å². The van der Waals surface area contributed by atoms with Crippen molar-refractivity contribution in [2.45, 2.75) is 19.2 Å². The van der Waals surface area contributed by atoms with Crippen molar-refractivity contribution in [1.82, 2.24) is 9.13 Å². The van der Waals surface area contributed by atoms with Crippen LogP contribution in [0.25, 0.3) is 22.2 Å². The normalized spacial score (nSPS) is 12.2. The Hall–Kier alpha value is -3.37. The van der Waals surface area contributed by atoms with Crippen LogP contribution in [0.1, 0.15) is 11.7 Å². The second kappa shape index (κ2) is 7.71. The van der Waals surface area contributed by atoms with E-state index in [1.807, 2.05) is 75.9 Å². The predicted octanol–water partition coefficient (Wildman–Crippen LogP) is 4.51. The highest BCUT2D eigenvalue weighted by Gasteiger charge is 2.14. The minimum Gasteiger partial charge on any atom is -0.387 e. The number of imidazole rings is 1. The Kier molecular flexibility index (Phi) is 4.96. The van der Waals surface area contributed by atoms with Gasteiger partial charge in [-0.3, -0.25) is 5.41 Å². The van der Waals surface area contributed by atoms with E-state index < -0.39 is 6.10 Å². The summed E-state index contributed by atoms with van der Waals surface area (Å²) < 4.78 is 3.75. The highest BCUT2D eigenvalue weighted by atomic mass is 16.3. The maximum Gasteiger partial charge on any atom is 0.203 e. The number of nitrogens with zero attached hydrogens (tertiary/aromatic N) is 2. The van der Waals surface area contributed by atoms with Gasteiger partial charge in [-0.25, -0.2) is 0 Å². The van der Waals surface area contributed by atoms with Gasteiger partial charge in [0.25, 0.3) is 0 Å². The van der Waals surface area contributed by atoms with Crippen molar-refractivity contribution in [3.05, 3.63) is 103 Å². The van der Waals surface area contributed by atoms with Crippen LogP contribution >= 0.6 is 0 Å². The molecule has 4 heteroatoms. The zero-order valence-corrected chi connectivity index (χ0v) is 15.6. The zero-order chi connectivity index (χ0) is 19.5. The molecule has 0 aliphatic rings. The van der Waals surface area contributed by atoms with Crippen LogP contribution < -0.4 is 5.62 Å². The van der Waals surface area contributed by atoms with Gasteiger partial charge in [0.2, 0.25) is 5.62 Å². The summed E-state index contributed by atoms with van der Waals surface area (Å²) in [7, 11) is 0. The Morgan fingerprint density at radius 1 is 0.821 bits per heavy atom. The van der Waals surface area contributed by atoms with Crippen molar-refractivity contribution in [1.29, 1.82) is 5.41 Å². The topological polar surface area (TPSA) is 53.9 Å². The Balaban J connectivity index is 1.64. The van der Waals surface area contributed by atoms with Gasteiger partial charge in [0.1, 0.15) is 0 Å². The molecule has 140 valence electrons. The maximum atomic E-state index is 10.8. The number of rotatable bonds is 6. The largest absolute Gasteiger partial charge is 0.387 e. The molecule has 0 bridgehead atoms. The first-order valence-electron chi connectivity index (χ1n) is 9.36. The molecular weight excluding hydrogens is 346 g/mol. The van der Waals surface area contributed by atoms with Crippen LogP contribution in [0.3, 0.4) is 0 Å². The van der Waals surface area contributed by atoms with Crippen molar-refractivity contribution < 1.29 is 5.11 Å². The maximum absolute atomic E-state index is 10.8. The van der Waals surface area contributed by atoms with Crippen LogP contribution in [0, 0.1) is 5.41 Å². The van der Waals surface area contributed by atoms with Gasteiger partial charge in [-0.05, 0) is 28.8 Å². The third-order valence-corrected chi connectivity index (χ3v) is 5.04. The fraction of sp³-hybridized carbons (Fsp3) is 0.125. The quantitative estimate of drug-likeness (QED) is 0.483. The number of hydrogen-bond donors (Lipinski definition) is 2. The summed E-state index contributed by atoms with van der Waals surface area (Å²) in [6, 6.07) is 26.1. The van der Waals surface area contributed by atoms with Crippen LogP contribution in [-0.4, -0.2) is 14.2 Å². The molecule has 0 aliphatic heterocycles. The van der Waals surface area contributed by atoms with Gasteiger partial charge in [0.05, 0.1) is 23.7 Å². The standard InChI is InChI=1S/C24H23N3O/c1-2-16-26-21-10-6-7-11-22(21)27(24(26)25)17-23(28)20-14-12-19(13-15-20)18-8-4-3-5-9-18/h2-15,23,25,28H,1,16-17H2. The molecule has 0 fully saturated rings. The number of benzene rings is 3. The first-order chi connectivity index (χ1) is 13.7. The molecule has 0 saturated heterocycles. The second-order valence-electron chi connectivity index (χ2n) is 6.83. The van der Waals surface area contributed by atoms with E-state index in [9.17, 15) is 5.11 Å². The molecule has 1 unspecified atom stereocenters. The molecule has 1 aromatic heterocycles. The Morgan fingerprint density at radius 2 is 1.39 bits per heavy atom. The molecule has 1 atom stereocenters. The molecule has 0 amide bonds. The molecule has 0 saturated carbocycles. The minimum absolute atomic E-state index is 0.328. The van der Waals surface area contributed by atoms with Gasteiger partial charge in [-0.1, -0.05) is 72.8 Å². The smallest absolute Gasteiger partial charge is 0.203 e. The number of hydrogen-bond acceptors (Lipinski definition) is 2. The number of nitrogens with one attached hydrogen (secondary N) is 1. The third kappa shape index (κ3) is 3.30. The summed E-state index contributed by atoms with van der Waals surface area (Å²) in [6.45, 7) is 4.68. The van der Waals surface area contributed by atoms with Crippen LogP contribution in [0.2, 0.25) is 0 Å². The van der Waals surface area contributed by atoms with Crippen molar-refractivity contribution in [3.8, 4) is 11.1 Å². The Labute approximate surface area is 164 Å². The molecule has 3 aromatic carbocycles. The van der Waals surface area contributed by atoms with E-state index in [0.29, 0.717) is 18.7 Å². The van der Waals surface area contributed by atoms with Crippen molar-refractivity contribution >= 4 is 11.0 Å². The molecule has 0 radical (unpaired) electrons. The summed E-state index contributed by atoms with van der Waals surface area (Å²) in [4.78, 5) is 0. The molecule has 4 aromatic rings. The van der Waals surface area contributed by atoms with Crippen molar-refractivity contribution in [2.24, 2.45) is 0 Å². The molecule has 1 heterocycles. The molecule has 0 aliphatic carbocycles. The highest BCUT2D eigenvalue weighted by Crippen LogP contribution is 2.23. The monoisotopic (exact) mass is 369 g/mol. The minimum atomic E-state index is -0.693. The van der Waals surface area contributed by atoms with Gasteiger partial charge in [-0.15, -0.1) is 6.58 Å². The average Bonchev–Trinajstić information content (AvgIpc) is 3.01. The SMILES string of the molecule is C=CCn1c(=N)n(CC(O)c2ccc(-c3ccccc3)cc2)c2ccccc21. The van der Waals surface area contributed by atoms with E-state index in [1.165, 1.54) is 0 Å². The van der Waals surface area contributed by atoms with Gasteiger partial charge < -0.3 is 14.2 Å². The van der Waals surface area contributed by atoms with Crippen LogP contribution in [0.4, 0.5) is 0 Å². The first-order valence-corrected chi connectivity index (χ1v) is 9.36. The fourth-order valence-corrected chi connectivity index (χ4v) is 3.60. The Morgan fingerprint density at radius 3 is 2.04 bits per heavy atom. The van der Waals surface area contributed by atoms with E-state index in [1.54, 1.807) is 6.08 Å². The predicted molar refractivity (Wildman–Crippen MR) is 113 cm³/mol. The van der Waals surface area contributed by atoms with E-state index in [-0.39, 0.29) is 0 Å². The summed E-state index contributed by atoms with van der Waals surface area (Å²) in [5.74, 6) is 0. The molecule has 4 rings (SSSR count). The zero-order valence-electron chi connectivity index (χ0n) is 15.6. The number of aliphatic hydroxyl groups excluding tert-OH is 1. The van der Waals surface area contributed by atoms with Crippen molar-refractivity contribution in [3.63, 3.8) is 0 Å². The number of fused-ring (bicyclic) bond motifs is 1. The number of allylic oxidation sites excluding steroid dienone is 1. The average molecular weight is 369 g/mol. The van der Waals surface area contributed by atoms with E-state index in [4.69, 9.17) is 5.41 Å². The summed E-state index contributed by atoms with van der Waals surface area (Å²) >= 11 is 0. The van der Waals surface area contributed by atoms with Crippen LogP contribution in [0.5, 0.6) is 0 Å². The lowest BCUT2D eigenvalue weighted by molar-refractivity contribution is 0.156. The summed E-state index contributed by atoms with van der Waals surface area (Å²) in [6.07, 6.45) is 1.09. The number of aromatic nitrogens is 2. The highest BCUT2D eigenvalue weighted by molar-refractivity contribution is 5.76. The van der Waals surface area contributed by atoms with Gasteiger partial charge >= 0.3 is 0 Å².